The minimum absolute atomic E-state index is 0.274. The molecule has 0 aromatic rings. The molecule has 1 aliphatic carbocycles. The normalized spacial score (nSPS) is 33.0. The van der Waals surface area contributed by atoms with Gasteiger partial charge < -0.3 is 13.6 Å². The topological polar surface area (TPSA) is 31.0 Å². The highest BCUT2D eigenvalue weighted by molar-refractivity contribution is 6.68. The van der Waals surface area contributed by atoms with E-state index in [9.17, 15) is 0 Å². The van der Waals surface area contributed by atoms with Gasteiger partial charge in [0, 0.05) is 14.2 Å². The predicted molar refractivity (Wildman–Crippen MR) is 60.9 cm³/mol. The summed E-state index contributed by atoms with van der Waals surface area (Å²) in [6, 6.07) is 0. The fourth-order valence-electron chi connectivity index (χ4n) is 2.68. The van der Waals surface area contributed by atoms with Crippen molar-refractivity contribution in [2.24, 2.45) is 5.92 Å². The molecule has 2 atom stereocenters. The summed E-state index contributed by atoms with van der Waals surface area (Å²) in [6.07, 6.45) is 7.24. The van der Waals surface area contributed by atoms with E-state index in [1.165, 1.54) is 32.1 Å². The van der Waals surface area contributed by atoms with Crippen LogP contribution in [0.3, 0.4) is 0 Å². The fraction of sp³-hybridized carbons (Fsp3) is 1.00. The second kappa shape index (κ2) is 4.53. The molecule has 0 amide bonds. The van der Waals surface area contributed by atoms with Gasteiger partial charge in [-0.3, -0.25) is 0 Å². The Morgan fingerprint density at radius 2 is 1.67 bits per heavy atom. The van der Waals surface area contributed by atoms with Crippen molar-refractivity contribution in [3.05, 3.63) is 0 Å². The molecule has 15 heavy (non-hydrogen) atoms. The summed E-state index contributed by atoms with van der Waals surface area (Å²) in [6.45, 7) is 2.10. The zero-order valence-electron chi connectivity index (χ0n) is 9.99. The summed E-state index contributed by atoms with van der Waals surface area (Å²) in [5.74, 6) is 0.765. The lowest BCUT2D eigenvalue weighted by Gasteiger charge is -2.23. The Kier molecular flexibility index (Phi) is 3.50. The maximum absolute atomic E-state index is 5.82. The molecular weight excluding hydrogens is 208 g/mol. The van der Waals surface area contributed by atoms with E-state index in [0.717, 1.165) is 5.92 Å². The van der Waals surface area contributed by atoms with E-state index in [-0.39, 0.29) is 5.73 Å². The molecule has 88 valence electrons. The SMILES string of the molecule is CO[Si](C)(OC)C1OC1C1CCCCC1. The Morgan fingerprint density at radius 3 is 2.20 bits per heavy atom. The second-order valence-corrected chi connectivity index (χ2v) is 8.26. The summed E-state index contributed by atoms with van der Waals surface area (Å²) in [4.78, 5) is 0. The van der Waals surface area contributed by atoms with Gasteiger partial charge in [-0.15, -0.1) is 0 Å². The first kappa shape index (κ1) is 11.6. The van der Waals surface area contributed by atoms with Gasteiger partial charge in [-0.2, -0.15) is 0 Å². The van der Waals surface area contributed by atoms with Gasteiger partial charge in [0.1, 0.15) is 5.73 Å². The molecule has 2 unspecified atom stereocenters. The first-order valence-corrected chi connectivity index (χ1v) is 8.36. The van der Waals surface area contributed by atoms with E-state index in [2.05, 4.69) is 6.55 Å². The van der Waals surface area contributed by atoms with Crippen LogP contribution in [0.5, 0.6) is 0 Å². The molecule has 1 aliphatic heterocycles. The van der Waals surface area contributed by atoms with Crippen molar-refractivity contribution in [1.29, 1.82) is 0 Å². The molecule has 0 aromatic heterocycles. The fourth-order valence-corrected chi connectivity index (χ4v) is 4.59. The van der Waals surface area contributed by atoms with Crippen LogP contribution in [-0.2, 0) is 13.6 Å². The van der Waals surface area contributed by atoms with Crippen LogP contribution >= 0.6 is 0 Å². The number of ether oxygens (including phenoxy) is 1. The van der Waals surface area contributed by atoms with Crippen LogP contribution in [-0.4, -0.2) is 34.6 Å². The minimum Gasteiger partial charge on any atom is -0.396 e. The van der Waals surface area contributed by atoms with Crippen molar-refractivity contribution >= 4 is 8.56 Å². The third-order valence-electron chi connectivity index (χ3n) is 3.97. The third-order valence-corrected chi connectivity index (χ3v) is 7.09. The second-order valence-electron chi connectivity index (χ2n) is 4.84. The summed E-state index contributed by atoms with van der Waals surface area (Å²) in [7, 11) is 1.46. The van der Waals surface area contributed by atoms with Crippen molar-refractivity contribution in [2.75, 3.05) is 14.2 Å². The monoisotopic (exact) mass is 230 g/mol. The molecule has 2 rings (SSSR count). The van der Waals surface area contributed by atoms with Crippen molar-refractivity contribution < 1.29 is 13.6 Å². The maximum Gasteiger partial charge on any atom is 0.367 e. The molecule has 1 heterocycles. The first-order valence-electron chi connectivity index (χ1n) is 5.97. The summed E-state index contributed by atoms with van der Waals surface area (Å²) in [5, 5.41) is 0. The molecule has 0 aromatic carbocycles. The molecule has 3 nitrogen and oxygen atoms in total. The Hall–Kier alpha value is 0.0969. The highest BCUT2D eigenvalue weighted by Gasteiger charge is 2.59. The van der Waals surface area contributed by atoms with Crippen molar-refractivity contribution in [3.8, 4) is 0 Å². The van der Waals surface area contributed by atoms with Crippen molar-refractivity contribution in [1.82, 2.24) is 0 Å². The van der Waals surface area contributed by atoms with E-state index in [1.54, 1.807) is 14.2 Å². The van der Waals surface area contributed by atoms with Gasteiger partial charge in [0.05, 0.1) is 6.10 Å². The molecule has 0 N–H and O–H groups in total. The average molecular weight is 230 g/mol. The zero-order chi connectivity index (χ0) is 10.9. The summed E-state index contributed by atoms with van der Waals surface area (Å²) in [5.41, 5.74) is 0.274. The van der Waals surface area contributed by atoms with Crippen LogP contribution in [0.15, 0.2) is 0 Å². The number of hydrogen-bond donors (Lipinski definition) is 0. The Morgan fingerprint density at radius 1 is 1.07 bits per heavy atom. The predicted octanol–water partition coefficient (Wildman–Crippen LogP) is 2.24. The van der Waals surface area contributed by atoms with Crippen LogP contribution in [0.1, 0.15) is 32.1 Å². The quantitative estimate of drug-likeness (QED) is 0.548. The van der Waals surface area contributed by atoms with Crippen molar-refractivity contribution in [3.63, 3.8) is 0 Å². The molecule has 1 saturated heterocycles. The van der Waals surface area contributed by atoms with Crippen LogP contribution in [0.2, 0.25) is 6.55 Å². The lowest BCUT2D eigenvalue weighted by atomic mass is 9.87. The molecule has 0 spiro atoms. The highest BCUT2D eigenvalue weighted by atomic mass is 28.4. The van der Waals surface area contributed by atoms with E-state index >= 15 is 0 Å². The van der Waals surface area contributed by atoms with Gasteiger partial charge in [-0.25, -0.2) is 0 Å². The molecule has 0 bridgehead atoms. The van der Waals surface area contributed by atoms with E-state index in [4.69, 9.17) is 13.6 Å². The molecule has 1 saturated carbocycles. The number of epoxide rings is 1. The van der Waals surface area contributed by atoms with Gasteiger partial charge in [0.15, 0.2) is 0 Å². The van der Waals surface area contributed by atoms with Crippen LogP contribution in [0.25, 0.3) is 0 Å². The minimum atomic E-state index is -2.03. The smallest absolute Gasteiger partial charge is 0.367 e. The molecule has 2 aliphatic rings. The van der Waals surface area contributed by atoms with Gasteiger partial charge in [-0.1, -0.05) is 19.3 Å². The summed E-state index contributed by atoms with van der Waals surface area (Å²) < 4.78 is 16.9. The lowest BCUT2D eigenvalue weighted by molar-refractivity contribution is 0.227. The first-order chi connectivity index (χ1) is 7.21. The number of rotatable bonds is 4. The van der Waals surface area contributed by atoms with E-state index in [0.29, 0.717) is 6.10 Å². The van der Waals surface area contributed by atoms with E-state index < -0.39 is 8.56 Å². The molecule has 2 fully saturated rings. The lowest BCUT2D eigenvalue weighted by Crippen LogP contribution is -2.45. The third kappa shape index (κ3) is 2.28. The Labute approximate surface area is 93.3 Å². The summed E-state index contributed by atoms with van der Waals surface area (Å²) >= 11 is 0. The van der Waals surface area contributed by atoms with Crippen LogP contribution in [0, 0.1) is 5.92 Å². The van der Waals surface area contributed by atoms with Gasteiger partial charge in [0.25, 0.3) is 0 Å². The molecular formula is C11H22O3Si. The number of hydrogen-bond acceptors (Lipinski definition) is 3. The Bertz CT molecular complexity index is 212. The van der Waals surface area contributed by atoms with Crippen LogP contribution in [0.4, 0.5) is 0 Å². The van der Waals surface area contributed by atoms with Gasteiger partial charge in [0.2, 0.25) is 0 Å². The molecule has 4 heteroatoms. The standard InChI is InChI=1S/C11H22O3Si/c1-12-15(3,13-2)11-10(14-11)9-7-5-4-6-8-9/h9-11H,4-8H2,1-3H3. The van der Waals surface area contributed by atoms with E-state index in [1.807, 2.05) is 0 Å². The average Bonchev–Trinajstić information content (AvgIpc) is 3.10. The Balaban J connectivity index is 1.88. The van der Waals surface area contributed by atoms with Crippen LogP contribution < -0.4 is 0 Å². The maximum atomic E-state index is 5.82. The van der Waals surface area contributed by atoms with Gasteiger partial charge in [-0.05, 0) is 25.3 Å². The van der Waals surface area contributed by atoms with Crippen molar-refractivity contribution in [2.45, 2.75) is 50.5 Å². The zero-order valence-corrected chi connectivity index (χ0v) is 11.0. The van der Waals surface area contributed by atoms with Gasteiger partial charge >= 0.3 is 8.56 Å². The largest absolute Gasteiger partial charge is 0.396 e. The highest BCUT2D eigenvalue weighted by Crippen LogP contribution is 2.42. The molecule has 0 radical (unpaired) electrons.